The minimum Gasteiger partial charge on any atom is -0.457 e. The second-order valence-electron chi connectivity index (χ2n) is 7.93. The summed E-state index contributed by atoms with van der Waals surface area (Å²) in [4.78, 5) is 52.4. The second-order valence-corrected chi connectivity index (χ2v) is 8.89. The van der Waals surface area contributed by atoms with Gasteiger partial charge in [0, 0.05) is 19.0 Å². The molecule has 0 radical (unpaired) electrons. The van der Waals surface area contributed by atoms with E-state index < -0.39 is 17.2 Å². The number of thioether (sulfide) groups is 1. The van der Waals surface area contributed by atoms with Crippen molar-refractivity contribution in [2.45, 2.75) is 37.9 Å². The van der Waals surface area contributed by atoms with E-state index in [9.17, 15) is 14.4 Å². The molecule has 5 aromatic rings. The van der Waals surface area contributed by atoms with Crippen LogP contribution in [0.4, 0.5) is 0 Å². The number of nitrogens with one attached hydrogen (secondary N) is 1. The number of benzene rings is 1. The highest BCUT2D eigenvalue weighted by Crippen LogP contribution is 2.32. The van der Waals surface area contributed by atoms with Gasteiger partial charge in [0.2, 0.25) is 0 Å². The fourth-order valence-electron chi connectivity index (χ4n) is 3.86. The molecule has 11 nitrogen and oxygen atoms in total. The third kappa shape index (κ3) is 4.20. The number of aryl methyl sites for hydroxylation is 2. The van der Waals surface area contributed by atoms with Crippen LogP contribution in [-0.4, -0.2) is 40.8 Å². The van der Waals surface area contributed by atoms with Crippen LogP contribution in [0.2, 0.25) is 0 Å². The number of H-pyrrole nitrogens is 1. The van der Waals surface area contributed by atoms with Crippen LogP contribution in [0.25, 0.3) is 33.2 Å². The lowest BCUT2D eigenvalue weighted by Crippen LogP contribution is -2.31. The topological polar surface area (TPSA) is 138 Å². The Kier molecular flexibility index (Phi) is 6.12. The van der Waals surface area contributed by atoms with Crippen molar-refractivity contribution in [2.24, 2.45) is 7.05 Å². The fraction of sp³-hybridized carbons (Fsp3) is 0.304. The summed E-state index contributed by atoms with van der Waals surface area (Å²) >= 11 is 1.19. The van der Waals surface area contributed by atoms with E-state index in [1.54, 1.807) is 11.6 Å². The van der Waals surface area contributed by atoms with Gasteiger partial charge in [0.15, 0.2) is 16.7 Å². The number of carbonyl (C=O) groups excluding carboxylic acids is 1. The number of imidazole rings is 1. The summed E-state index contributed by atoms with van der Waals surface area (Å²) in [7, 11) is 1.65. The van der Waals surface area contributed by atoms with E-state index in [1.807, 2.05) is 31.2 Å². The third-order valence-corrected chi connectivity index (χ3v) is 6.60. The lowest BCUT2D eigenvalue weighted by atomic mass is 10.2. The number of para-hydroxylation sites is 1. The van der Waals surface area contributed by atoms with Crippen LogP contribution in [-0.2, 0) is 29.7 Å². The van der Waals surface area contributed by atoms with Crippen molar-refractivity contribution in [1.29, 1.82) is 0 Å². The molecule has 0 aliphatic rings. The van der Waals surface area contributed by atoms with E-state index >= 15 is 0 Å². The normalized spacial score (nSPS) is 11.6. The Hall–Kier alpha value is -3.93. The first-order valence-corrected chi connectivity index (χ1v) is 12.1. The number of esters is 1. The standard InChI is InChI=1S/C23H22N6O5S/c1-3-4-9-29-20-18(21(31)27-23(29)32)28(2)15(26-20)10-33-16(30)11-35-22-19-17(24-12-25-22)13-7-5-6-8-14(13)34-19/h5-8,12H,3-4,9-11H2,1-2H3,(H,27,31,32). The van der Waals surface area contributed by atoms with Gasteiger partial charge in [-0.25, -0.2) is 19.7 Å². The molecule has 12 heteroatoms. The Morgan fingerprint density at radius 3 is 2.89 bits per heavy atom. The van der Waals surface area contributed by atoms with Gasteiger partial charge in [-0.3, -0.25) is 19.1 Å². The molecular weight excluding hydrogens is 472 g/mol. The zero-order valence-electron chi connectivity index (χ0n) is 19.1. The lowest BCUT2D eigenvalue weighted by molar-refractivity contribution is -0.141. The monoisotopic (exact) mass is 494 g/mol. The number of carbonyl (C=O) groups is 1. The Morgan fingerprint density at radius 2 is 2.06 bits per heavy atom. The Morgan fingerprint density at radius 1 is 1.23 bits per heavy atom. The maximum atomic E-state index is 12.5. The van der Waals surface area contributed by atoms with Gasteiger partial charge in [-0.1, -0.05) is 37.2 Å². The predicted octanol–water partition coefficient (Wildman–Crippen LogP) is 2.75. The van der Waals surface area contributed by atoms with Crippen LogP contribution < -0.4 is 11.2 Å². The number of hydrogen-bond donors (Lipinski definition) is 1. The predicted molar refractivity (Wildman–Crippen MR) is 130 cm³/mol. The van der Waals surface area contributed by atoms with Crippen molar-refractivity contribution in [3.63, 3.8) is 0 Å². The van der Waals surface area contributed by atoms with Crippen molar-refractivity contribution in [2.75, 3.05) is 5.75 Å². The van der Waals surface area contributed by atoms with Crippen LogP contribution in [0.1, 0.15) is 25.6 Å². The summed E-state index contributed by atoms with van der Waals surface area (Å²) in [5, 5.41) is 1.42. The largest absolute Gasteiger partial charge is 0.457 e. The van der Waals surface area contributed by atoms with Gasteiger partial charge in [0.05, 0.1) is 5.75 Å². The van der Waals surface area contributed by atoms with Crippen molar-refractivity contribution >= 4 is 51.0 Å². The van der Waals surface area contributed by atoms with Gasteiger partial charge in [0.1, 0.15) is 34.9 Å². The first-order chi connectivity index (χ1) is 17.0. The number of aromatic nitrogens is 6. The zero-order valence-corrected chi connectivity index (χ0v) is 19.9. The maximum Gasteiger partial charge on any atom is 0.330 e. The van der Waals surface area contributed by atoms with Gasteiger partial charge in [-0.15, -0.1) is 0 Å². The molecule has 1 aromatic carbocycles. The lowest BCUT2D eigenvalue weighted by Gasteiger charge is -2.05. The van der Waals surface area contributed by atoms with Crippen molar-refractivity contribution < 1.29 is 13.9 Å². The van der Waals surface area contributed by atoms with Crippen molar-refractivity contribution in [3.8, 4) is 0 Å². The molecule has 5 rings (SSSR count). The van der Waals surface area contributed by atoms with Gasteiger partial charge in [-0.05, 0) is 18.6 Å². The molecule has 180 valence electrons. The van der Waals surface area contributed by atoms with E-state index in [1.165, 1.54) is 22.7 Å². The highest BCUT2D eigenvalue weighted by molar-refractivity contribution is 8.00. The Bertz CT molecular complexity index is 1680. The molecule has 0 aliphatic carbocycles. The highest BCUT2D eigenvalue weighted by atomic mass is 32.2. The van der Waals surface area contributed by atoms with E-state index in [0.717, 1.165) is 18.2 Å². The maximum absolute atomic E-state index is 12.5. The Balaban J connectivity index is 1.32. The SMILES string of the molecule is CCCCn1c(=O)[nH]c(=O)c2c1nc(COC(=O)CSc1ncnc3c1oc1ccccc13)n2C. The Labute approximate surface area is 202 Å². The molecule has 4 aromatic heterocycles. The molecule has 0 saturated heterocycles. The summed E-state index contributed by atoms with van der Waals surface area (Å²) in [5.74, 6) is -0.127. The molecule has 0 bridgehead atoms. The van der Waals surface area contributed by atoms with Gasteiger partial charge < -0.3 is 13.7 Å². The molecule has 0 spiro atoms. The molecule has 0 saturated carbocycles. The van der Waals surface area contributed by atoms with Crippen LogP contribution in [0.5, 0.6) is 0 Å². The van der Waals surface area contributed by atoms with Crippen LogP contribution in [0.3, 0.4) is 0 Å². The quantitative estimate of drug-likeness (QED) is 0.196. The summed E-state index contributed by atoms with van der Waals surface area (Å²) in [6, 6.07) is 7.55. The highest BCUT2D eigenvalue weighted by Gasteiger charge is 2.19. The number of hydrogen-bond acceptors (Lipinski definition) is 9. The first-order valence-electron chi connectivity index (χ1n) is 11.1. The van der Waals surface area contributed by atoms with Crippen LogP contribution >= 0.6 is 11.8 Å². The van der Waals surface area contributed by atoms with Gasteiger partial charge in [0.25, 0.3) is 5.56 Å². The van der Waals surface area contributed by atoms with Crippen molar-refractivity contribution in [3.05, 3.63) is 57.3 Å². The number of fused-ring (bicyclic) bond motifs is 4. The molecule has 0 fully saturated rings. The summed E-state index contributed by atoms with van der Waals surface area (Å²) in [6.07, 6.45) is 3.09. The average Bonchev–Trinajstić information content (AvgIpc) is 3.39. The van der Waals surface area contributed by atoms with Crippen LogP contribution in [0, 0.1) is 0 Å². The number of furan rings is 1. The summed E-state index contributed by atoms with van der Waals surface area (Å²) in [6.45, 7) is 2.30. The number of aromatic amines is 1. The molecule has 4 heterocycles. The molecule has 1 N–H and O–H groups in total. The van der Waals surface area contributed by atoms with E-state index in [4.69, 9.17) is 9.15 Å². The average molecular weight is 495 g/mol. The second kappa shape index (κ2) is 9.37. The van der Waals surface area contributed by atoms with Gasteiger partial charge in [-0.2, -0.15) is 0 Å². The number of nitrogens with zero attached hydrogens (tertiary/aromatic N) is 5. The molecule has 0 unspecified atom stereocenters. The minimum atomic E-state index is -0.528. The van der Waals surface area contributed by atoms with Gasteiger partial charge >= 0.3 is 11.7 Å². The summed E-state index contributed by atoms with van der Waals surface area (Å²) < 4.78 is 14.3. The van der Waals surface area contributed by atoms with E-state index in [-0.39, 0.29) is 23.5 Å². The van der Waals surface area contributed by atoms with Crippen LogP contribution in [0.15, 0.2) is 49.6 Å². The minimum absolute atomic E-state index is 0.00507. The zero-order chi connectivity index (χ0) is 24.5. The molecule has 0 atom stereocenters. The van der Waals surface area contributed by atoms with E-state index in [2.05, 4.69) is 19.9 Å². The number of rotatable bonds is 8. The van der Waals surface area contributed by atoms with Crippen molar-refractivity contribution in [1.82, 2.24) is 29.1 Å². The molecule has 0 aliphatic heterocycles. The van der Waals surface area contributed by atoms with E-state index in [0.29, 0.717) is 34.1 Å². The first kappa shape index (κ1) is 22.8. The third-order valence-electron chi connectivity index (χ3n) is 5.66. The molecule has 0 amide bonds. The molecule has 35 heavy (non-hydrogen) atoms. The smallest absolute Gasteiger partial charge is 0.330 e. The number of unbranched alkanes of at least 4 members (excludes halogenated alkanes) is 1. The number of ether oxygens (including phenoxy) is 1. The summed E-state index contributed by atoms with van der Waals surface area (Å²) in [5.41, 5.74) is 1.41. The fourth-order valence-corrected chi connectivity index (χ4v) is 4.59. The molecular formula is C23H22N6O5S.